The predicted octanol–water partition coefficient (Wildman–Crippen LogP) is 2.32. The average molecular weight is 247 g/mol. The van der Waals surface area contributed by atoms with E-state index in [0.29, 0.717) is 0 Å². The maximum Gasteiger partial charge on any atom is 0.356 e. The minimum atomic E-state index is -1.31. The second-order valence-electron chi connectivity index (χ2n) is 2.10. The quantitative estimate of drug-likeness (QED) is 0.590. The van der Waals surface area contributed by atoms with Crippen LogP contribution in [0.25, 0.3) is 0 Å². The van der Waals surface area contributed by atoms with Gasteiger partial charge >= 0.3 is 5.97 Å². The number of carbonyl (C=O) groups is 1. The van der Waals surface area contributed by atoms with Crippen molar-refractivity contribution in [1.82, 2.24) is 4.98 Å². The van der Waals surface area contributed by atoms with Crippen molar-refractivity contribution in [3.05, 3.63) is 20.9 Å². The van der Waals surface area contributed by atoms with Gasteiger partial charge in [0.25, 0.3) is 0 Å². The molecule has 0 atom stereocenters. The van der Waals surface area contributed by atoms with E-state index in [9.17, 15) is 4.79 Å². The van der Waals surface area contributed by atoms with Crippen molar-refractivity contribution in [3.63, 3.8) is 0 Å². The van der Waals surface area contributed by atoms with Gasteiger partial charge < -0.3 is 10.8 Å². The van der Waals surface area contributed by atoms with Crippen LogP contribution in [0.4, 0.5) is 5.69 Å². The lowest BCUT2D eigenvalue weighted by Gasteiger charge is -2.04. The third-order valence-electron chi connectivity index (χ3n) is 1.27. The Hall–Kier alpha value is -0.710. The van der Waals surface area contributed by atoms with Crippen molar-refractivity contribution < 1.29 is 9.90 Å². The fraction of sp³-hybridized carbons (Fsp3) is 0. The molecule has 70 valence electrons. The third kappa shape index (κ3) is 1.80. The van der Waals surface area contributed by atoms with E-state index in [0.717, 1.165) is 0 Å². The number of aromatic nitrogens is 1. The molecule has 0 fully saturated rings. The fourth-order valence-electron chi connectivity index (χ4n) is 0.673. The summed E-state index contributed by atoms with van der Waals surface area (Å²) in [6.45, 7) is 0. The predicted molar refractivity (Wildman–Crippen MR) is 50.6 cm³/mol. The first-order chi connectivity index (χ1) is 5.95. The molecule has 0 radical (unpaired) electrons. The number of nitrogen functional groups attached to an aromatic ring is 1. The molecule has 0 aliphatic carbocycles. The Balaban J connectivity index is 3.50. The first-order valence-corrected chi connectivity index (χ1v) is 4.11. The highest BCUT2D eigenvalue weighted by Crippen LogP contribution is 2.34. The van der Waals surface area contributed by atoms with Gasteiger partial charge in [-0.3, -0.25) is 0 Å². The Morgan fingerprint density at radius 2 is 1.85 bits per heavy atom. The van der Waals surface area contributed by atoms with Gasteiger partial charge in [-0.1, -0.05) is 34.8 Å². The maximum absolute atomic E-state index is 10.5. The highest BCUT2D eigenvalue weighted by molar-refractivity contribution is 6.46. The summed E-state index contributed by atoms with van der Waals surface area (Å²) in [5.74, 6) is -1.31. The molecule has 1 heterocycles. The zero-order valence-electron chi connectivity index (χ0n) is 6.01. The summed E-state index contributed by atoms with van der Waals surface area (Å²) >= 11 is 16.6. The van der Waals surface area contributed by atoms with E-state index in [1.54, 1.807) is 0 Å². The number of carboxylic acids is 1. The summed E-state index contributed by atoms with van der Waals surface area (Å²) in [5, 5.41) is 8.17. The van der Waals surface area contributed by atoms with Gasteiger partial charge in [0.1, 0.15) is 5.02 Å². The van der Waals surface area contributed by atoms with Gasteiger partial charge in [-0.2, -0.15) is 0 Å². The lowest BCUT2D eigenvalue weighted by atomic mass is 11.2. The normalized spacial score (nSPS) is 10.1. The molecule has 0 bridgehead atoms. The number of anilines is 1. The van der Waals surface area contributed by atoms with E-state index >= 15 is 0 Å². The largest absolute Gasteiger partial charge is 0.476 e. The number of rotatable bonds is 1. The lowest BCUT2D eigenvalue weighted by Crippen LogP contribution is -2.04. The lowest BCUT2D eigenvalue weighted by molar-refractivity contribution is 0.0691. The van der Waals surface area contributed by atoms with E-state index < -0.39 is 11.7 Å². The molecule has 0 amide bonds. The van der Waals surface area contributed by atoms with Gasteiger partial charge in [0.2, 0.25) is 0 Å². The molecule has 3 N–H and O–H groups in total. The highest BCUT2D eigenvalue weighted by atomic mass is 35.5. The van der Waals surface area contributed by atoms with E-state index in [2.05, 4.69) is 4.98 Å². The zero-order chi connectivity index (χ0) is 10.2. The van der Waals surface area contributed by atoms with E-state index in [-0.39, 0.29) is 20.9 Å². The van der Waals surface area contributed by atoms with Crippen LogP contribution in [0.5, 0.6) is 0 Å². The summed E-state index contributed by atoms with van der Waals surface area (Å²) in [5.41, 5.74) is 4.88. The molecule has 0 spiro atoms. The Morgan fingerprint density at radius 1 is 1.31 bits per heavy atom. The van der Waals surface area contributed by atoms with Crippen molar-refractivity contribution in [3.8, 4) is 0 Å². The number of nitrogens with zero attached hydrogens (tertiary/aromatic N) is 1. The topological polar surface area (TPSA) is 76.2 Å². The molecule has 13 heavy (non-hydrogen) atoms. The molecule has 0 unspecified atom stereocenters. The molecular formula is C6H3Cl3N2O2. The van der Waals surface area contributed by atoms with Crippen molar-refractivity contribution >= 4 is 46.5 Å². The van der Waals surface area contributed by atoms with Gasteiger partial charge in [-0.15, -0.1) is 0 Å². The van der Waals surface area contributed by atoms with Gasteiger partial charge in [0.05, 0.1) is 10.7 Å². The highest BCUT2D eigenvalue weighted by Gasteiger charge is 2.18. The smallest absolute Gasteiger partial charge is 0.356 e. The van der Waals surface area contributed by atoms with Crippen LogP contribution < -0.4 is 5.73 Å². The Bertz CT molecular complexity index is 381. The summed E-state index contributed by atoms with van der Waals surface area (Å²) in [7, 11) is 0. The number of aromatic carboxylic acids is 1. The van der Waals surface area contributed by atoms with Crippen LogP contribution in [0.1, 0.15) is 10.5 Å². The molecule has 0 saturated heterocycles. The second-order valence-corrected chi connectivity index (χ2v) is 3.21. The van der Waals surface area contributed by atoms with Crippen LogP contribution in [-0.4, -0.2) is 16.1 Å². The first-order valence-electron chi connectivity index (χ1n) is 2.98. The number of hydrogen-bond acceptors (Lipinski definition) is 3. The molecule has 0 saturated carbocycles. The SMILES string of the molecule is N[13c]1[13c](Cl)[13c](Cl)n[13c]([13C](=O)O)[13c]1Cl. The van der Waals surface area contributed by atoms with Crippen molar-refractivity contribution in [2.24, 2.45) is 0 Å². The number of nitrogens with two attached hydrogens (primary N) is 1. The molecule has 1 aromatic rings. The molecule has 0 aliphatic rings. The van der Waals surface area contributed by atoms with E-state index in [4.69, 9.17) is 45.6 Å². The summed E-state index contributed by atoms with van der Waals surface area (Å²) < 4.78 is 0. The summed E-state index contributed by atoms with van der Waals surface area (Å²) in [6.07, 6.45) is 0. The van der Waals surface area contributed by atoms with Gasteiger partial charge in [-0.25, -0.2) is 9.78 Å². The van der Waals surface area contributed by atoms with Crippen LogP contribution in [0.15, 0.2) is 0 Å². The summed E-state index contributed by atoms with van der Waals surface area (Å²) in [6, 6.07) is 0. The van der Waals surface area contributed by atoms with Crippen molar-refractivity contribution in [2.45, 2.75) is 0 Å². The maximum atomic E-state index is 10.5. The van der Waals surface area contributed by atoms with Gasteiger partial charge in [0.15, 0.2) is 10.8 Å². The molecule has 7 heteroatoms. The Kier molecular flexibility index (Phi) is 2.85. The second kappa shape index (κ2) is 3.57. The molecule has 1 aromatic heterocycles. The number of halogens is 3. The fourth-order valence-corrected chi connectivity index (χ4v) is 1.26. The standard InChI is InChI=1S/C6H3Cl3N2O2/c7-1-3(10)2(8)5(9)11-4(1)6(12)13/h(H2,10,11)(H,12,13)/i1+1,2+1,3+1,4+1,5+1,6+1. The number of pyridine rings is 1. The monoisotopic (exact) mass is 246 g/mol. The molecule has 0 aliphatic heterocycles. The minimum Gasteiger partial charge on any atom is -0.476 e. The van der Waals surface area contributed by atoms with E-state index in [1.165, 1.54) is 0 Å². The van der Waals surface area contributed by atoms with Crippen molar-refractivity contribution in [1.29, 1.82) is 0 Å². The van der Waals surface area contributed by atoms with Crippen LogP contribution in [0.3, 0.4) is 0 Å². The Morgan fingerprint density at radius 3 is 2.31 bits per heavy atom. The van der Waals surface area contributed by atoms with Crippen LogP contribution >= 0.6 is 34.8 Å². The molecular weight excluding hydrogens is 244 g/mol. The summed E-state index contributed by atoms with van der Waals surface area (Å²) in [4.78, 5) is 14.0. The average Bonchev–Trinajstić information content (AvgIpc) is 2.07. The third-order valence-corrected chi connectivity index (χ3v) is 2.41. The van der Waals surface area contributed by atoms with Gasteiger partial charge in [0, 0.05) is 0 Å². The van der Waals surface area contributed by atoms with Crippen molar-refractivity contribution in [2.75, 3.05) is 5.73 Å². The molecule has 4 nitrogen and oxygen atoms in total. The van der Waals surface area contributed by atoms with Crippen LogP contribution in [0.2, 0.25) is 15.2 Å². The van der Waals surface area contributed by atoms with E-state index in [1.807, 2.05) is 0 Å². The van der Waals surface area contributed by atoms with Gasteiger partial charge in [-0.05, 0) is 0 Å². The molecule has 0 aromatic carbocycles. The minimum absolute atomic E-state index is 0.0448. The first kappa shape index (κ1) is 10.4. The van der Waals surface area contributed by atoms with Crippen LogP contribution in [-0.2, 0) is 0 Å². The molecule has 1 rings (SSSR count). The van der Waals surface area contributed by atoms with Crippen LogP contribution in [0, 0.1) is 0 Å². The number of carboxylic acid groups (broad SMARTS) is 1. The Labute approximate surface area is 88.2 Å². The number of hydrogen-bond donors (Lipinski definition) is 2. The zero-order valence-corrected chi connectivity index (χ0v) is 8.28.